The SMILES string of the molecule is ClCCCN1CC[C@H]2COC[C@@H]2C1. The van der Waals surface area contributed by atoms with Crippen molar-refractivity contribution < 1.29 is 4.74 Å². The first kappa shape index (κ1) is 9.75. The van der Waals surface area contributed by atoms with Gasteiger partial charge in [0, 0.05) is 24.9 Å². The van der Waals surface area contributed by atoms with Crippen LogP contribution in [0.2, 0.25) is 0 Å². The Labute approximate surface area is 85.2 Å². The zero-order chi connectivity index (χ0) is 9.10. The van der Waals surface area contributed by atoms with E-state index in [1.807, 2.05) is 0 Å². The molecular formula is C10H18ClNO. The predicted octanol–water partition coefficient (Wildman–Crippen LogP) is 1.58. The monoisotopic (exact) mass is 203 g/mol. The van der Waals surface area contributed by atoms with Crippen molar-refractivity contribution in [1.82, 2.24) is 4.90 Å². The molecule has 0 aromatic heterocycles. The Hall–Kier alpha value is 0.210. The van der Waals surface area contributed by atoms with E-state index in [0.29, 0.717) is 0 Å². The highest BCUT2D eigenvalue weighted by Crippen LogP contribution is 2.29. The van der Waals surface area contributed by atoms with Crippen LogP contribution in [-0.2, 0) is 4.74 Å². The highest BCUT2D eigenvalue weighted by molar-refractivity contribution is 6.17. The summed E-state index contributed by atoms with van der Waals surface area (Å²) in [5.74, 6) is 2.46. The van der Waals surface area contributed by atoms with Crippen LogP contribution in [-0.4, -0.2) is 43.6 Å². The first-order chi connectivity index (χ1) is 6.40. The molecule has 76 valence electrons. The molecule has 0 aromatic carbocycles. The quantitative estimate of drug-likeness (QED) is 0.646. The molecule has 0 saturated carbocycles. The van der Waals surface area contributed by atoms with Crippen LogP contribution in [0.4, 0.5) is 0 Å². The number of hydrogen-bond donors (Lipinski definition) is 0. The Morgan fingerprint density at radius 1 is 1.31 bits per heavy atom. The zero-order valence-electron chi connectivity index (χ0n) is 8.04. The van der Waals surface area contributed by atoms with E-state index in [9.17, 15) is 0 Å². The van der Waals surface area contributed by atoms with Gasteiger partial charge in [-0.25, -0.2) is 0 Å². The maximum atomic E-state index is 5.68. The normalized spacial score (nSPS) is 34.8. The fraction of sp³-hybridized carbons (Fsp3) is 1.00. The van der Waals surface area contributed by atoms with E-state index < -0.39 is 0 Å². The topological polar surface area (TPSA) is 12.5 Å². The number of likely N-dealkylation sites (tertiary alicyclic amines) is 1. The molecule has 0 unspecified atom stereocenters. The van der Waals surface area contributed by atoms with Gasteiger partial charge >= 0.3 is 0 Å². The van der Waals surface area contributed by atoms with Crippen molar-refractivity contribution in [2.24, 2.45) is 11.8 Å². The van der Waals surface area contributed by atoms with Gasteiger partial charge in [-0.2, -0.15) is 0 Å². The van der Waals surface area contributed by atoms with Crippen molar-refractivity contribution in [3.8, 4) is 0 Å². The summed E-state index contributed by atoms with van der Waals surface area (Å²) in [5.41, 5.74) is 0. The van der Waals surface area contributed by atoms with Crippen molar-refractivity contribution in [3.05, 3.63) is 0 Å². The van der Waals surface area contributed by atoms with E-state index >= 15 is 0 Å². The standard InChI is InChI=1S/C10H18ClNO/c11-3-1-4-12-5-2-9-7-13-8-10(9)6-12/h9-10H,1-8H2/t9-,10-/m0/s1. The fourth-order valence-corrected chi connectivity index (χ4v) is 2.54. The molecule has 3 heteroatoms. The Balaban J connectivity index is 1.76. The van der Waals surface area contributed by atoms with Gasteiger partial charge in [-0.3, -0.25) is 0 Å². The molecule has 2 aliphatic heterocycles. The Morgan fingerprint density at radius 2 is 2.15 bits per heavy atom. The van der Waals surface area contributed by atoms with Crippen molar-refractivity contribution in [2.45, 2.75) is 12.8 Å². The maximum Gasteiger partial charge on any atom is 0.0510 e. The molecule has 0 N–H and O–H groups in total. The molecule has 2 heterocycles. The lowest BCUT2D eigenvalue weighted by atomic mass is 9.89. The van der Waals surface area contributed by atoms with Crippen LogP contribution in [0.3, 0.4) is 0 Å². The number of hydrogen-bond acceptors (Lipinski definition) is 2. The number of ether oxygens (including phenoxy) is 1. The number of rotatable bonds is 3. The lowest BCUT2D eigenvalue weighted by Gasteiger charge is -2.33. The van der Waals surface area contributed by atoms with E-state index in [-0.39, 0.29) is 0 Å². The second kappa shape index (κ2) is 4.63. The number of alkyl halides is 1. The van der Waals surface area contributed by atoms with Gasteiger partial charge in [-0.15, -0.1) is 11.6 Å². The zero-order valence-corrected chi connectivity index (χ0v) is 8.80. The molecule has 2 saturated heterocycles. The van der Waals surface area contributed by atoms with Gasteiger partial charge in [0.25, 0.3) is 0 Å². The van der Waals surface area contributed by atoms with Crippen LogP contribution in [0, 0.1) is 11.8 Å². The number of nitrogens with zero attached hydrogens (tertiary/aromatic N) is 1. The van der Waals surface area contributed by atoms with E-state index in [0.717, 1.165) is 37.4 Å². The highest BCUT2D eigenvalue weighted by atomic mass is 35.5. The third kappa shape index (κ3) is 2.36. The van der Waals surface area contributed by atoms with Gasteiger partial charge in [0.1, 0.15) is 0 Å². The molecule has 0 amide bonds. The molecule has 0 aliphatic carbocycles. The lowest BCUT2D eigenvalue weighted by molar-refractivity contribution is 0.147. The second-order valence-electron chi connectivity index (χ2n) is 4.19. The molecule has 0 spiro atoms. The predicted molar refractivity (Wildman–Crippen MR) is 54.2 cm³/mol. The van der Waals surface area contributed by atoms with Gasteiger partial charge in [-0.1, -0.05) is 0 Å². The van der Waals surface area contributed by atoms with E-state index in [1.165, 1.54) is 26.1 Å². The highest BCUT2D eigenvalue weighted by Gasteiger charge is 2.33. The molecule has 2 rings (SSSR count). The minimum atomic E-state index is 0.793. The minimum absolute atomic E-state index is 0.793. The van der Waals surface area contributed by atoms with Gasteiger partial charge in [0.15, 0.2) is 0 Å². The molecule has 13 heavy (non-hydrogen) atoms. The van der Waals surface area contributed by atoms with Crippen molar-refractivity contribution in [2.75, 3.05) is 38.7 Å². The summed E-state index contributed by atoms with van der Waals surface area (Å²) in [6.07, 6.45) is 2.45. The summed E-state index contributed by atoms with van der Waals surface area (Å²) in [4.78, 5) is 2.54. The maximum absolute atomic E-state index is 5.68. The average Bonchev–Trinajstić information content (AvgIpc) is 2.61. The van der Waals surface area contributed by atoms with Gasteiger partial charge in [-0.05, 0) is 31.8 Å². The van der Waals surface area contributed by atoms with Crippen molar-refractivity contribution >= 4 is 11.6 Å². The summed E-state index contributed by atoms with van der Waals surface area (Å²) in [6, 6.07) is 0. The van der Waals surface area contributed by atoms with Crippen molar-refractivity contribution in [1.29, 1.82) is 0 Å². The third-order valence-electron chi connectivity index (χ3n) is 3.25. The molecule has 0 bridgehead atoms. The van der Waals surface area contributed by atoms with E-state index in [1.54, 1.807) is 0 Å². The second-order valence-corrected chi connectivity index (χ2v) is 4.57. The molecule has 2 fully saturated rings. The van der Waals surface area contributed by atoms with Crippen LogP contribution >= 0.6 is 11.6 Å². The van der Waals surface area contributed by atoms with Gasteiger partial charge in [0.2, 0.25) is 0 Å². The third-order valence-corrected chi connectivity index (χ3v) is 3.51. The summed E-state index contributed by atoms with van der Waals surface area (Å²) < 4.78 is 5.49. The minimum Gasteiger partial charge on any atom is -0.381 e. The Bertz CT molecular complexity index is 165. The number of piperidine rings is 1. The largest absolute Gasteiger partial charge is 0.381 e. The summed E-state index contributed by atoms with van der Waals surface area (Å²) in [5, 5.41) is 0. The average molecular weight is 204 g/mol. The van der Waals surface area contributed by atoms with Crippen LogP contribution in [0.5, 0.6) is 0 Å². The fourth-order valence-electron chi connectivity index (χ4n) is 2.42. The Kier molecular flexibility index (Phi) is 3.47. The van der Waals surface area contributed by atoms with E-state index in [4.69, 9.17) is 16.3 Å². The van der Waals surface area contributed by atoms with Gasteiger partial charge < -0.3 is 9.64 Å². The Morgan fingerprint density at radius 3 is 3.00 bits per heavy atom. The molecule has 0 radical (unpaired) electrons. The molecule has 0 aromatic rings. The number of halogens is 1. The lowest BCUT2D eigenvalue weighted by Crippen LogP contribution is -2.40. The van der Waals surface area contributed by atoms with Gasteiger partial charge in [0.05, 0.1) is 6.61 Å². The summed E-state index contributed by atoms with van der Waals surface area (Å²) in [7, 11) is 0. The van der Waals surface area contributed by atoms with Crippen LogP contribution in [0.25, 0.3) is 0 Å². The smallest absolute Gasteiger partial charge is 0.0510 e. The first-order valence-corrected chi connectivity index (χ1v) is 5.79. The van der Waals surface area contributed by atoms with Crippen LogP contribution in [0.1, 0.15) is 12.8 Å². The molecular weight excluding hydrogens is 186 g/mol. The number of fused-ring (bicyclic) bond motifs is 1. The first-order valence-electron chi connectivity index (χ1n) is 5.26. The summed E-state index contributed by atoms with van der Waals surface area (Å²) >= 11 is 5.68. The summed E-state index contributed by atoms with van der Waals surface area (Å²) in [6.45, 7) is 5.66. The van der Waals surface area contributed by atoms with E-state index in [2.05, 4.69) is 4.90 Å². The van der Waals surface area contributed by atoms with Crippen LogP contribution in [0.15, 0.2) is 0 Å². The molecule has 2 nitrogen and oxygen atoms in total. The van der Waals surface area contributed by atoms with Crippen LogP contribution < -0.4 is 0 Å². The molecule has 2 aliphatic rings. The van der Waals surface area contributed by atoms with Crippen molar-refractivity contribution in [3.63, 3.8) is 0 Å². The molecule has 2 atom stereocenters.